The van der Waals surface area contributed by atoms with Gasteiger partial charge in [-0.05, 0) is 56.7 Å². The second-order valence-electron chi connectivity index (χ2n) is 5.37. The van der Waals surface area contributed by atoms with Gasteiger partial charge in [0.1, 0.15) is 0 Å². The van der Waals surface area contributed by atoms with Crippen LogP contribution in [0.25, 0.3) is 0 Å². The Hall–Kier alpha value is -0.930. The number of nitrogens with zero attached hydrogens (tertiary/aromatic N) is 1. The lowest BCUT2D eigenvalue weighted by Gasteiger charge is -2.25. The number of fused-ring (bicyclic) bond motifs is 1. The van der Waals surface area contributed by atoms with Gasteiger partial charge in [0, 0.05) is 18.8 Å². The molecule has 1 aliphatic carbocycles. The minimum absolute atomic E-state index is 0.455. The van der Waals surface area contributed by atoms with Crippen molar-refractivity contribution >= 4 is 0 Å². The number of hydrogen-bond acceptors (Lipinski definition) is 3. The number of aryl methyl sites for hydroxylation is 1. The number of nitrogens with one attached hydrogen (secondary N) is 1. The summed E-state index contributed by atoms with van der Waals surface area (Å²) < 4.78 is 5.66. The van der Waals surface area contributed by atoms with Gasteiger partial charge in [-0.1, -0.05) is 6.07 Å². The molecule has 3 rings (SSSR count). The van der Waals surface area contributed by atoms with Crippen LogP contribution in [-0.2, 0) is 11.2 Å². The molecule has 2 atom stereocenters. The Morgan fingerprint density at radius 1 is 1.33 bits per heavy atom. The fraction of sp³-hybridized carbons (Fsp3) is 0.667. The molecule has 18 heavy (non-hydrogen) atoms. The predicted octanol–water partition coefficient (Wildman–Crippen LogP) is 2.62. The van der Waals surface area contributed by atoms with Gasteiger partial charge >= 0.3 is 0 Å². The molecule has 0 aromatic carbocycles. The van der Waals surface area contributed by atoms with Gasteiger partial charge in [0.25, 0.3) is 0 Å². The first kappa shape index (κ1) is 12.1. The Balaban J connectivity index is 1.54. The van der Waals surface area contributed by atoms with Crippen molar-refractivity contribution < 1.29 is 4.74 Å². The van der Waals surface area contributed by atoms with Crippen molar-refractivity contribution in [1.82, 2.24) is 10.3 Å². The highest BCUT2D eigenvalue weighted by Gasteiger charge is 2.21. The number of pyridine rings is 1. The SMILES string of the molecule is c1cnc2c(c1)CCCC2NCCC1CCCO1. The fourth-order valence-electron chi connectivity index (χ4n) is 3.10. The molecule has 1 aromatic rings. The van der Waals surface area contributed by atoms with Gasteiger partial charge in [-0.3, -0.25) is 4.98 Å². The van der Waals surface area contributed by atoms with Crippen LogP contribution < -0.4 is 5.32 Å². The molecule has 1 aromatic heterocycles. The molecule has 1 N–H and O–H groups in total. The van der Waals surface area contributed by atoms with Gasteiger partial charge in [-0.25, -0.2) is 0 Å². The average Bonchev–Trinajstić information content (AvgIpc) is 2.92. The summed E-state index contributed by atoms with van der Waals surface area (Å²) in [5, 5.41) is 3.66. The number of rotatable bonds is 4. The third kappa shape index (κ3) is 2.73. The molecule has 0 saturated carbocycles. The number of hydrogen-bond donors (Lipinski definition) is 1. The maximum absolute atomic E-state index is 5.66. The summed E-state index contributed by atoms with van der Waals surface area (Å²) in [5.74, 6) is 0. The van der Waals surface area contributed by atoms with Crippen molar-refractivity contribution in [3.63, 3.8) is 0 Å². The van der Waals surface area contributed by atoms with Crippen LogP contribution in [0.2, 0.25) is 0 Å². The van der Waals surface area contributed by atoms with Gasteiger partial charge in [0.15, 0.2) is 0 Å². The maximum atomic E-state index is 5.66. The van der Waals surface area contributed by atoms with Crippen molar-refractivity contribution in [3.05, 3.63) is 29.6 Å². The Bertz CT molecular complexity index is 388. The summed E-state index contributed by atoms with van der Waals surface area (Å²) >= 11 is 0. The summed E-state index contributed by atoms with van der Waals surface area (Å²) in [5.41, 5.74) is 2.70. The smallest absolute Gasteiger partial charge is 0.0605 e. The summed E-state index contributed by atoms with van der Waals surface area (Å²) in [6.45, 7) is 2.00. The second kappa shape index (κ2) is 5.81. The van der Waals surface area contributed by atoms with E-state index in [2.05, 4.69) is 16.4 Å². The summed E-state index contributed by atoms with van der Waals surface area (Å²) in [6, 6.07) is 4.72. The third-order valence-electron chi connectivity index (χ3n) is 4.08. The van der Waals surface area contributed by atoms with Crippen molar-refractivity contribution in [2.45, 2.75) is 50.7 Å². The molecule has 1 aliphatic heterocycles. The van der Waals surface area contributed by atoms with Crippen molar-refractivity contribution in [2.75, 3.05) is 13.2 Å². The molecular weight excluding hydrogens is 224 g/mol. The predicted molar refractivity (Wildman–Crippen MR) is 71.5 cm³/mol. The summed E-state index contributed by atoms with van der Waals surface area (Å²) in [6.07, 6.45) is 9.69. The van der Waals surface area contributed by atoms with Crippen LogP contribution in [0.5, 0.6) is 0 Å². The highest BCUT2D eigenvalue weighted by molar-refractivity contribution is 5.25. The highest BCUT2D eigenvalue weighted by atomic mass is 16.5. The minimum Gasteiger partial charge on any atom is -0.378 e. The lowest BCUT2D eigenvalue weighted by atomic mass is 9.92. The van der Waals surface area contributed by atoms with E-state index in [0.29, 0.717) is 12.1 Å². The van der Waals surface area contributed by atoms with E-state index in [-0.39, 0.29) is 0 Å². The monoisotopic (exact) mass is 246 g/mol. The standard InChI is InChI=1S/C15H22N2O/c1-4-12-5-2-9-17-15(12)14(7-1)16-10-8-13-6-3-11-18-13/h2,5,9,13-14,16H,1,3-4,6-8,10-11H2. The van der Waals surface area contributed by atoms with Crippen molar-refractivity contribution in [1.29, 1.82) is 0 Å². The molecular formula is C15H22N2O. The lowest BCUT2D eigenvalue weighted by Crippen LogP contribution is -2.28. The Morgan fingerprint density at radius 3 is 3.22 bits per heavy atom. The molecule has 3 nitrogen and oxygen atoms in total. The zero-order valence-electron chi connectivity index (χ0n) is 10.9. The zero-order chi connectivity index (χ0) is 12.2. The normalized spacial score (nSPS) is 27.1. The first-order valence-electron chi connectivity index (χ1n) is 7.22. The van der Waals surface area contributed by atoms with E-state index < -0.39 is 0 Å². The zero-order valence-corrected chi connectivity index (χ0v) is 10.9. The van der Waals surface area contributed by atoms with E-state index in [0.717, 1.165) is 19.6 Å². The molecule has 0 radical (unpaired) electrons. The third-order valence-corrected chi connectivity index (χ3v) is 4.08. The molecule has 1 saturated heterocycles. The molecule has 0 bridgehead atoms. The summed E-state index contributed by atoms with van der Waals surface area (Å²) in [4.78, 5) is 4.56. The first-order chi connectivity index (χ1) is 8.93. The van der Waals surface area contributed by atoms with Crippen LogP contribution in [0.1, 0.15) is 49.4 Å². The second-order valence-corrected chi connectivity index (χ2v) is 5.37. The van der Waals surface area contributed by atoms with Crippen LogP contribution in [-0.4, -0.2) is 24.2 Å². The Labute approximate surface area is 109 Å². The van der Waals surface area contributed by atoms with Gasteiger partial charge in [0.2, 0.25) is 0 Å². The quantitative estimate of drug-likeness (QED) is 0.886. The van der Waals surface area contributed by atoms with Crippen LogP contribution in [0.4, 0.5) is 0 Å². The highest BCUT2D eigenvalue weighted by Crippen LogP contribution is 2.27. The van der Waals surface area contributed by atoms with E-state index >= 15 is 0 Å². The molecule has 2 unspecified atom stereocenters. The van der Waals surface area contributed by atoms with Crippen molar-refractivity contribution in [3.8, 4) is 0 Å². The van der Waals surface area contributed by atoms with Gasteiger partial charge < -0.3 is 10.1 Å². The minimum atomic E-state index is 0.455. The molecule has 2 heterocycles. The van der Waals surface area contributed by atoms with E-state index in [1.54, 1.807) is 0 Å². The van der Waals surface area contributed by atoms with Crippen LogP contribution in [0.3, 0.4) is 0 Å². The van der Waals surface area contributed by atoms with Crippen LogP contribution >= 0.6 is 0 Å². The van der Waals surface area contributed by atoms with Crippen molar-refractivity contribution in [2.24, 2.45) is 0 Å². The topological polar surface area (TPSA) is 34.2 Å². The van der Waals surface area contributed by atoms with Crippen LogP contribution in [0.15, 0.2) is 18.3 Å². The fourth-order valence-corrected chi connectivity index (χ4v) is 3.10. The molecule has 0 spiro atoms. The maximum Gasteiger partial charge on any atom is 0.0605 e. The van der Waals surface area contributed by atoms with E-state index in [4.69, 9.17) is 4.74 Å². The van der Waals surface area contributed by atoms with E-state index in [9.17, 15) is 0 Å². The molecule has 1 fully saturated rings. The van der Waals surface area contributed by atoms with Gasteiger partial charge in [0.05, 0.1) is 11.8 Å². The Kier molecular flexibility index (Phi) is 3.91. The van der Waals surface area contributed by atoms with E-state index in [1.807, 2.05) is 12.3 Å². The molecule has 98 valence electrons. The molecule has 0 amide bonds. The molecule has 3 heteroatoms. The van der Waals surface area contributed by atoms with Gasteiger partial charge in [-0.2, -0.15) is 0 Å². The van der Waals surface area contributed by atoms with E-state index in [1.165, 1.54) is 43.4 Å². The molecule has 2 aliphatic rings. The van der Waals surface area contributed by atoms with Gasteiger partial charge in [-0.15, -0.1) is 0 Å². The number of aromatic nitrogens is 1. The first-order valence-corrected chi connectivity index (χ1v) is 7.22. The summed E-state index contributed by atoms with van der Waals surface area (Å²) in [7, 11) is 0. The lowest BCUT2D eigenvalue weighted by molar-refractivity contribution is 0.103. The largest absolute Gasteiger partial charge is 0.378 e. The average molecular weight is 246 g/mol. The Morgan fingerprint density at radius 2 is 2.33 bits per heavy atom. The number of ether oxygens (including phenoxy) is 1. The van der Waals surface area contributed by atoms with Crippen LogP contribution in [0, 0.1) is 0 Å².